The number of anilines is 2. The Balaban J connectivity index is 3.22. The lowest BCUT2D eigenvalue weighted by Gasteiger charge is -2.31. The number of aryl methyl sites for hydroxylation is 1. The van der Waals surface area contributed by atoms with Gasteiger partial charge in [0.15, 0.2) is 0 Å². The van der Waals surface area contributed by atoms with Crippen molar-refractivity contribution in [3.63, 3.8) is 0 Å². The van der Waals surface area contributed by atoms with Crippen LogP contribution in [0.25, 0.3) is 0 Å². The molecule has 0 bridgehead atoms. The topological polar surface area (TPSA) is 66.6 Å². The zero-order valence-electron chi connectivity index (χ0n) is 12.9. The lowest BCUT2D eigenvalue weighted by Crippen LogP contribution is -2.33. The van der Waals surface area contributed by atoms with Crippen LogP contribution in [0.2, 0.25) is 0 Å². The molecule has 112 valence electrons. The molecular formula is C16H26N2O2. The summed E-state index contributed by atoms with van der Waals surface area (Å²) in [5.74, 6) is -0.966. The molecule has 1 aromatic carbocycles. The molecule has 1 rings (SSSR count). The average molecular weight is 278 g/mol. The van der Waals surface area contributed by atoms with Crippen molar-refractivity contribution < 1.29 is 9.90 Å². The van der Waals surface area contributed by atoms with Crippen molar-refractivity contribution in [1.82, 2.24) is 0 Å². The van der Waals surface area contributed by atoms with Crippen LogP contribution < -0.4 is 10.6 Å². The number of nitrogen functional groups attached to an aromatic ring is 1. The maximum absolute atomic E-state index is 11.3. The summed E-state index contributed by atoms with van der Waals surface area (Å²) in [6, 6.07) is 4.07. The van der Waals surface area contributed by atoms with Crippen molar-refractivity contribution in [2.75, 3.05) is 17.2 Å². The number of hydrogen-bond acceptors (Lipinski definition) is 3. The van der Waals surface area contributed by atoms with E-state index in [0.717, 1.165) is 37.1 Å². The van der Waals surface area contributed by atoms with Crippen LogP contribution in [0.1, 0.15) is 56.0 Å². The summed E-state index contributed by atoms with van der Waals surface area (Å²) in [6.45, 7) is 9.27. The van der Waals surface area contributed by atoms with Crippen LogP contribution in [-0.2, 0) is 0 Å². The van der Waals surface area contributed by atoms with Crippen molar-refractivity contribution in [2.45, 2.75) is 53.0 Å². The maximum atomic E-state index is 11.3. The van der Waals surface area contributed by atoms with E-state index in [4.69, 9.17) is 5.73 Å². The Bertz CT molecular complexity index is 472. The highest BCUT2D eigenvalue weighted by molar-refractivity contribution is 5.95. The molecule has 0 aliphatic rings. The molecule has 4 heteroatoms. The molecule has 0 amide bonds. The summed E-state index contributed by atoms with van der Waals surface area (Å²) in [6.07, 6.45) is 3.23. The number of nitrogens with two attached hydrogens (primary N) is 1. The molecule has 0 radical (unpaired) electrons. The number of nitrogens with zero attached hydrogens (tertiary/aromatic N) is 1. The van der Waals surface area contributed by atoms with Gasteiger partial charge in [0.1, 0.15) is 0 Å². The van der Waals surface area contributed by atoms with Gasteiger partial charge in [-0.05, 0) is 44.4 Å². The van der Waals surface area contributed by atoms with Crippen molar-refractivity contribution in [1.29, 1.82) is 0 Å². The molecule has 0 aliphatic carbocycles. The van der Waals surface area contributed by atoms with Gasteiger partial charge in [-0.25, -0.2) is 4.79 Å². The fourth-order valence-electron chi connectivity index (χ4n) is 2.27. The molecule has 0 aliphatic heterocycles. The minimum atomic E-state index is -0.966. The fourth-order valence-corrected chi connectivity index (χ4v) is 2.27. The second-order valence-corrected chi connectivity index (χ2v) is 5.33. The molecule has 0 heterocycles. The van der Waals surface area contributed by atoms with Gasteiger partial charge >= 0.3 is 5.97 Å². The van der Waals surface area contributed by atoms with E-state index in [1.165, 1.54) is 0 Å². The van der Waals surface area contributed by atoms with Gasteiger partial charge in [0.25, 0.3) is 0 Å². The first-order valence-electron chi connectivity index (χ1n) is 7.32. The van der Waals surface area contributed by atoms with Gasteiger partial charge in [0.2, 0.25) is 0 Å². The third-order valence-electron chi connectivity index (χ3n) is 3.81. The SMILES string of the molecule is CCCCN(c1cc(C)c(N)c(C(=O)O)c1)C(C)CC. The van der Waals surface area contributed by atoms with Crippen LogP contribution in [0, 0.1) is 6.92 Å². The molecule has 3 N–H and O–H groups in total. The lowest BCUT2D eigenvalue weighted by atomic mass is 10.0. The van der Waals surface area contributed by atoms with Crippen molar-refractivity contribution in [3.05, 3.63) is 23.3 Å². The highest BCUT2D eigenvalue weighted by Crippen LogP contribution is 2.27. The van der Waals surface area contributed by atoms with E-state index in [-0.39, 0.29) is 5.56 Å². The van der Waals surface area contributed by atoms with Gasteiger partial charge in [-0.1, -0.05) is 20.3 Å². The van der Waals surface area contributed by atoms with E-state index >= 15 is 0 Å². The lowest BCUT2D eigenvalue weighted by molar-refractivity contribution is 0.0698. The van der Waals surface area contributed by atoms with E-state index in [2.05, 4.69) is 25.7 Å². The molecule has 1 aromatic rings. The Kier molecular flexibility index (Phi) is 5.86. The predicted octanol–water partition coefficient (Wildman–Crippen LogP) is 3.68. The Hall–Kier alpha value is -1.71. The Morgan fingerprint density at radius 2 is 2.05 bits per heavy atom. The van der Waals surface area contributed by atoms with E-state index in [1.54, 1.807) is 6.07 Å². The molecule has 0 saturated heterocycles. The highest BCUT2D eigenvalue weighted by Gasteiger charge is 2.17. The normalized spacial score (nSPS) is 12.2. The third kappa shape index (κ3) is 3.65. The number of rotatable bonds is 7. The summed E-state index contributed by atoms with van der Waals surface area (Å²) in [5.41, 5.74) is 8.20. The van der Waals surface area contributed by atoms with Crippen molar-refractivity contribution in [3.8, 4) is 0 Å². The van der Waals surface area contributed by atoms with Crippen LogP contribution >= 0.6 is 0 Å². The van der Waals surface area contributed by atoms with E-state index in [1.807, 2.05) is 13.0 Å². The fraction of sp³-hybridized carbons (Fsp3) is 0.562. The van der Waals surface area contributed by atoms with E-state index in [0.29, 0.717) is 11.7 Å². The summed E-state index contributed by atoms with van der Waals surface area (Å²) in [7, 11) is 0. The van der Waals surface area contributed by atoms with Crippen LogP contribution in [0.5, 0.6) is 0 Å². The molecule has 0 aromatic heterocycles. The van der Waals surface area contributed by atoms with Crippen molar-refractivity contribution >= 4 is 17.3 Å². The Morgan fingerprint density at radius 3 is 2.55 bits per heavy atom. The Labute approximate surface area is 121 Å². The number of carbonyl (C=O) groups is 1. The number of unbranched alkanes of at least 4 members (excludes halogenated alkanes) is 1. The first-order valence-corrected chi connectivity index (χ1v) is 7.32. The second kappa shape index (κ2) is 7.17. The zero-order valence-corrected chi connectivity index (χ0v) is 12.9. The van der Waals surface area contributed by atoms with Gasteiger partial charge < -0.3 is 15.7 Å². The molecule has 20 heavy (non-hydrogen) atoms. The van der Waals surface area contributed by atoms with Gasteiger partial charge in [0.05, 0.1) is 5.56 Å². The van der Waals surface area contributed by atoms with Gasteiger partial charge in [0, 0.05) is 24.0 Å². The van der Waals surface area contributed by atoms with Gasteiger partial charge in [-0.3, -0.25) is 0 Å². The molecule has 0 fully saturated rings. The smallest absolute Gasteiger partial charge is 0.337 e. The van der Waals surface area contributed by atoms with Crippen LogP contribution in [0.3, 0.4) is 0 Å². The maximum Gasteiger partial charge on any atom is 0.337 e. The Morgan fingerprint density at radius 1 is 1.40 bits per heavy atom. The van der Waals surface area contributed by atoms with Crippen LogP contribution in [0.15, 0.2) is 12.1 Å². The quantitative estimate of drug-likeness (QED) is 0.747. The standard InChI is InChI=1S/C16H26N2O2/c1-5-7-8-18(12(4)6-2)13-9-11(3)15(17)14(10-13)16(19)20/h9-10,12H,5-8,17H2,1-4H3,(H,19,20). The number of aromatic carboxylic acids is 1. The number of carboxylic acids is 1. The molecule has 0 saturated carbocycles. The summed E-state index contributed by atoms with van der Waals surface area (Å²) >= 11 is 0. The number of carboxylic acid groups (broad SMARTS) is 1. The molecular weight excluding hydrogens is 252 g/mol. The minimum absolute atomic E-state index is 0.199. The highest BCUT2D eigenvalue weighted by atomic mass is 16.4. The number of hydrogen-bond donors (Lipinski definition) is 2. The molecule has 1 unspecified atom stereocenters. The number of benzene rings is 1. The molecule has 0 spiro atoms. The second-order valence-electron chi connectivity index (χ2n) is 5.33. The van der Waals surface area contributed by atoms with E-state index in [9.17, 15) is 9.90 Å². The van der Waals surface area contributed by atoms with Crippen LogP contribution in [-0.4, -0.2) is 23.7 Å². The summed E-state index contributed by atoms with van der Waals surface area (Å²) < 4.78 is 0. The first kappa shape index (κ1) is 16.3. The zero-order chi connectivity index (χ0) is 15.3. The van der Waals surface area contributed by atoms with Crippen molar-refractivity contribution in [2.24, 2.45) is 0 Å². The molecule has 4 nitrogen and oxygen atoms in total. The predicted molar refractivity (Wildman–Crippen MR) is 84.6 cm³/mol. The van der Waals surface area contributed by atoms with Gasteiger partial charge in [-0.15, -0.1) is 0 Å². The monoisotopic (exact) mass is 278 g/mol. The van der Waals surface area contributed by atoms with Crippen LogP contribution in [0.4, 0.5) is 11.4 Å². The minimum Gasteiger partial charge on any atom is -0.478 e. The average Bonchev–Trinajstić information content (AvgIpc) is 2.41. The first-order chi connectivity index (χ1) is 9.42. The third-order valence-corrected chi connectivity index (χ3v) is 3.81. The van der Waals surface area contributed by atoms with Gasteiger partial charge in [-0.2, -0.15) is 0 Å². The largest absolute Gasteiger partial charge is 0.478 e. The van der Waals surface area contributed by atoms with E-state index < -0.39 is 5.97 Å². The summed E-state index contributed by atoms with van der Waals surface area (Å²) in [4.78, 5) is 13.6. The summed E-state index contributed by atoms with van der Waals surface area (Å²) in [5, 5.41) is 9.27. The molecule has 1 atom stereocenters.